The van der Waals surface area contributed by atoms with Gasteiger partial charge in [0.15, 0.2) is 0 Å². The molecule has 4 N–H and O–H groups in total. The van der Waals surface area contributed by atoms with E-state index >= 15 is 0 Å². The lowest BCUT2D eigenvalue weighted by Gasteiger charge is -2.26. The molecule has 0 aliphatic carbocycles. The number of nitrogens with two attached hydrogens (primary N) is 1. The molecule has 7 nitrogen and oxygen atoms in total. The average molecular weight is 329 g/mol. The molecule has 3 rings (SSSR count). The smallest absolute Gasteiger partial charge is 0.222 e. The summed E-state index contributed by atoms with van der Waals surface area (Å²) in [6.45, 7) is 5.46. The highest BCUT2D eigenvalue weighted by atomic mass is 16.5. The number of nitrogens with zero attached hydrogens (tertiary/aromatic N) is 3. The number of anilines is 2. The van der Waals surface area contributed by atoms with E-state index in [4.69, 9.17) is 10.5 Å². The number of nitrogens with one attached hydrogen (secondary N) is 1. The Morgan fingerprint density at radius 2 is 2.00 bits per heavy atom. The Bertz CT molecular complexity index is 674. The van der Waals surface area contributed by atoms with Crippen molar-refractivity contribution >= 4 is 11.8 Å². The second kappa shape index (κ2) is 7.94. The fourth-order valence-corrected chi connectivity index (χ4v) is 2.73. The molecule has 1 aromatic heterocycles. The van der Waals surface area contributed by atoms with Gasteiger partial charge in [-0.25, -0.2) is 4.98 Å². The number of para-hydroxylation sites is 1. The first-order valence-electron chi connectivity index (χ1n) is 8.19. The zero-order valence-corrected chi connectivity index (χ0v) is 13.6. The van der Waals surface area contributed by atoms with Crippen LogP contribution in [0.1, 0.15) is 6.42 Å². The minimum Gasteiger partial charge on any atom is -0.507 e. The first-order chi connectivity index (χ1) is 11.7. The predicted octanol–water partition coefficient (Wildman–Crippen LogP) is 1.57. The largest absolute Gasteiger partial charge is 0.507 e. The normalized spacial score (nSPS) is 15.3. The van der Waals surface area contributed by atoms with Gasteiger partial charge in [0.2, 0.25) is 5.95 Å². The van der Waals surface area contributed by atoms with Crippen LogP contribution < -0.4 is 11.1 Å². The Balaban J connectivity index is 1.59. The molecule has 1 aromatic carbocycles. The molecule has 24 heavy (non-hydrogen) atoms. The van der Waals surface area contributed by atoms with E-state index in [1.54, 1.807) is 24.3 Å². The molecule has 0 saturated carbocycles. The zero-order chi connectivity index (χ0) is 16.8. The summed E-state index contributed by atoms with van der Waals surface area (Å²) < 4.78 is 5.34. The molecule has 2 heterocycles. The first-order valence-corrected chi connectivity index (χ1v) is 8.19. The number of phenols is 1. The predicted molar refractivity (Wildman–Crippen MR) is 93.9 cm³/mol. The van der Waals surface area contributed by atoms with Crippen LogP contribution in [-0.2, 0) is 4.74 Å². The number of morpholine rings is 1. The lowest BCUT2D eigenvalue weighted by Crippen LogP contribution is -2.37. The Hall–Kier alpha value is -2.38. The number of ether oxygens (including phenoxy) is 1. The van der Waals surface area contributed by atoms with Crippen molar-refractivity contribution in [3.63, 3.8) is 0 Å². The second-order valence-electron chi connectivity index (χ2n) is 5.75. The molecule has 128 valence electrons. The van der Waals surface area contributed by atoms with Crippen LogP contribution in [0, 0.1) is 0 Å². The van der Waals surface area contributed by atoms with Crippen LogP contribution >= 0.6 is 0 Å². The summed E-state index contributed by atoms with van der Waals surface area (Å²) in [5.74, 6) is 1.03. The third-order valence-corrected chi connectivity index (χ3v) is 3.98. The summed E-state index contributed by atoms with van der Waals surface area (Å²) in [5.41, 5.74) is 7.05. The molecule has 1 aliphatic heterocycles. The quantitative estimate of drug-likeness (QED) is 0.692. The maximum Gasteiger partial charge on any atom is 0.222 e. The fraction of sp³-hybridized carbons (Fsp3) is 0.412. The van der Waals surface area contributed by atoms with Crippen molar-refractivity contribution in [3.05, 3.63) is 30.3 Å². The molecule has 0 atom stereocenters. The summed E-state index contributed by atoms with van der Waals surface area (Å²) >= 11 is 0. The van der Waals surface area contributed by atoms with E-state index in [-0.39, 0.29) is 11.7 Å². The lowest BCUT2D eigenvalue weighted by molar-refractivity contribution is 0.0378. The molecular weight excluding hydrogens is 306 g/mol. The number of aromatic hydroxyl groups is 1. The molecule has 1 aliphatic rings. The van der Waals surface area contributed by atoms with Gasteiger partial charge in [-0.1, -0.05) is 12.1 Å². The third kappa shape index (κ3) is 4.33. The Morgan fingerprint density at radius 1 is 1.21 bits per heavy atom. The standard InChI is InChI=1S/C17H23N5O2/c18-17-20-14(13-4-1-2-5-15(13)23)12-16(21-17)19-6-3-7-22-8-10-24-11-9-22/h1-2,4-5,12,23H,3,6-11H2,(H3,18,19,20,21). The molecule has 7 heteroatoms. The summed E-state index contributed by atoms with van der Waals surface area (Å²) in [7, 11) is 0. The van der Waals surface area contributed by atoms with Gasteiger partial charge >= 0.3 is 0 Å². The Morgan fingerprint density at radius 3 is 2.79 bits per heavy atom. The summed E-state index contributed by atoms with van der Waals surface area (Å²) in [4.78, 5) is 10.8. The molecule has 2 aromatic rings. The highest BCUT2D eigenvalue weighted by Crippen LogP contribution is 2.28. The molecule has 0 spiro atoms. The van der Waals surface area contributed by atoms with Crippen LogP contribution in [0.2, 0.25) is 0 Å². The van der Waals surface area contributed by atoms with Crippen molar-refractivity contribution in [2.75, 3.05) is 50.4 Å². The molecule has 0 radical (unpaired) electrons. The van der Waals surface area contributed by atoms with Crippen molar-refractivity contribution < 1.29 is 9.84 Å². The molecule has 1 saturated heterocycles. The van der Waals surface area contributed by atoms with Crippen molar-refractivity contribution in [2.24, 2.45) is 0 Å². The number of benzene rings is 1. The van der Waals surface area contributed by atoms with Crippen LogP contribution in [0.15, 0.2) is 30.3 Å². The molecule has 0 bridgehead atoms. The maximum atomic E-state index is 9.97. The van der Waals surface area contributed by atoms with Gasteiger partial charge in [-0.05, 0) is 25.1 Å². The highest BCUT2D eigenvalue weighted by Gasteiger charge is 2.10. The molecular formula is C17H23N5O2. The van der Waals surface area contributed by atoms with E-state index < -0.39 is 0 Å². The summed E-state index contributed by atoms with van der Waals surface area (Å²) in [5, 5.41) is 13.3. The van der Waals surface area contributed by atoms with E-state index in [9.17, 15) is 5.11 Å². The van der Waals surface area contributed by atoms with Crippen molar-refractivity contribution in [1.29, 1.82) is 0 Å². The van der Waals surface area contributed by atoms with Crippen LogP contribution in [0.3, 0.4) is 0 Å². The van der Waals surface area contributed by atoms with Gasteiger partial charge < -0.3 is 20.9 Å². The van der Waals surface area contributed by atoms with Crippen LogP contribution in [0.4, 0.5) is 11.8 Å². The van der Waals surface area contributed by atoms with E-state index in [0.717, 1.165) is 45.8 Å². The Kier molecular flexibility index (Phi) is 5.45. The van der Waals surface area contributed by atoms with Crippen LogP contribution in [0.5, 0.6) is 5.75 Å². The summed E-state index contributed by atoms with van der Waals surface area (Å²) in [6, 6.07) is 8.86. The van der Waals surface area contributed by atoms with Crippen LogP contribution in [-0.4, -0.2) is 59.4 Å². The molecule has 0 amide bonds. The maximum absolute atomic E-state index is 9.97. The van der Waals surface area contributed by atoms with Crippen molar-refractivity contribution in [1.82, 2.24) is 14.9 Å². The number of hydrogen-bond donors (Lipinski definition) is 3. The lowest BCUT2D eigenvalue weighted by atomic mass is 10.1. The monoisotopic (exact) mass is 329 g/mol. The van der Waals surface area contributed by atoms with Gasteiger partial charge in [-0.2, -0.15) is 4.98 Å². The van der Waals surface area contributed by atoms with Gasteiger partial charge in [-0.15, -0.1) is 0 Å². The SMILES string of the molecule is Nc1nc(NCCCN2CCOCC2)cc(-c2ccccc2O)n1. The minimum atomic E-state index is 0.175. The van der Waals surface area contributed by atoms with Gasteiger partial charge in [0.25, 0.3) is 0 Å². The number of aromatic nitrogens is 2. The van der Waals surface area contributed by atoms with Crippen LogP contribution in [0.25, 0.3) is 11.3 Å². The number of phenolic OH excluding ortho intramolecular Hbond substituents is 1. The minimum absolute atomic E-state index is 0.175. The fourth-order valence-electron chi connectivity index (χ4n) is 2.73. The summed E-state index contributed by atoms with van der Waals surface area (Å²) in [6.07, 6.45) is 1.01. The molecule has 0 unspecified atom stereocenters. The van der Waals surface area contributed by atoms with Gasteiger partial charge in [0.05, 0.1) is 18.9 Å². The third-order valence-electron chi connectivity index (χ3n) is 3.98. The number of rotatable bonds is 6. The van der Waals surface area contributed by atoms with Crippen molar-refractivity contribution in [3.8, 4) is 17.0 Å². The van der Waals surface area contributed by atoms with E-state index in [2.05, 4.69) is 20.2 Å². The van der Waals surface area contributed by atoms with E-state index in [1.165, 1.54) is 0 Å². The second-order valence-corrected chi connectivity index (χ2v) is 5.75. The Labute approximate surface area is 141 Å². The number of nitrogen functional groups attached to an aromatic ring is 1. The van der Waals surface area contributed by atoms with Gasteiger partial charge in [0.1, 0.15) is 11.6 Å². The zero-order valence-electron chi connectivity index (χ0n) is 13.6. The topological polar surface area (TPSA) is 96.5 Å². The highest BCUT2D eigenvalue weighted by molar-refractivity contribution is 5.69. The van der Waals surface area contributed by atoms with Gasteiger partial charge in [0, 0.05) is 31.3 Å². The molecule has 1 fully saturated rings. The van der Waals surface area contributed by atoms with Crippen molar-refractivity contribution in [2.45, 2.75) is 6.42 Å². The van der Waals surface area contributed by atoms with E-state index in [0.29, 0.717) is 17.1 Å². The first kappa shape index (κ1) is 16.5. The van der Waals surface area contributed by atoms with Gasteiger partial charge in [-0.3, -0.25) is 4.90 Å². The van der Waals surface area contributed by atoms with E-state index in [1.807, 2.05) is 6.07 Å². The average Bonchev–Trinajstić information content (AvgIpc) is 2.60. The number of hydrogen-bond acceptors (Lipinski definition) is 7.